The lowest BCUT2D eigenvalue weighted by molar-refractivity contribution is -0.116. The van der Waals surface area contributed by atoms with Gasteiger partial charge in [-0.15, -0.1) is 0 Å². The number of carbonyl (C=O) groups is 2. The van der Waals surface area contributed by atoms with Crippen molar-refractivity contribution in [1.82, 2.24) is 5.32 Å². The molecule has 8 nitrogen and oxygen atoms in total. The van der Waals surface area contributed by atoms with Gasteiger partial charge in [-0.25, -0.2) is 0 Å². The van der Waals surface area contributed by atoms with E-state index in [-0.39, 0.29) is 11.8 Å². The van der Waals surface area contributed by atoms with Crippen LogP contribution in [0.5, 0.6) is 5.75 Å². The van der Waals surface area contributed by atoms with E-state index in [1.807, 2.05) is 30.3 Å². The fourth-order valence-electron chi connectivity index (χ4n) is 4.80. The van der Waals surface area contributed by atoms with Gasteiger partial charge < -0.3 is 29.9 Å². The van der Waals surface area contributed by atoms with E-state index in [2.05, 4.69) is 33.4 Å². The number of nitrogens with zero attached hydrogens (tertiary/aromatic N) is 2. The first-order valence-corrected chi connectivity index (χ1v) is 13.9. The molecule has 1 saturated heterocycles. The standard InChI is InChI=1S/C30H44N4O4/c1-4-5-6-7-8-9-14-29(35)32-24-15-16-26(25(23-24)30(36)31-17-22-37-2)33-18-20-34(21-19-33)27-12-10-11-13-28(27)38-3/h10-13,15-16,23H,4-9,14,17-22H2,1-3H3,(H,31,36)(H,32,35). The number of nitrogens with one attached hydrogen (secondary N) is 2. The number of rotatable bonds is 15. The van der Waals surface area contributed by atoms with Crippen LogP contribution >= 0.6 is 0 Å². The van der Waals surface area contributed by atoms with Crippen LogP contribution in [0.3, 0.4) is 0 Å². The molecule has 2 aromatic rings. The average molecular weight is 525 g/mol. The maximum Gasteiger partial charge on any atom is 0.253 e. The number of hydrogen-bond donors (Lipinski definition) is 2. The van der Waals surface area contributed by atoms with Gasteiger partial charge in [0, 0.05) is 57.6 Å². The molecule has 1 aliphatic heterocycles. The lowest BCUT2D eigenvalue weighted by Crippen LogP contribution is -2.47. The molecule has 2 N–H and O–H groups in total. The number of anilines is 3. The van der Waals surface area contributed by atoms with Crippen LogP contribution in [-0.4, -0.2) is 65.4 Å². The van der Waals surface area contributed by atoms with Crippen molar-refractivity contribution in [2.45, 2.75) is 51.9 Å². The molecule has 1 fully saturated rings. The van der Waals surface area contributed by atoms with Crippen LogP contribution in [0, 0.1) is 0 Å². The highest BCUT2D eigenvalue weighted by atomic mass is 16.5. The number of benzene rings is 2. The van der Waals surface area contributed by atoms with Crippen molar-refractivity contribution in [3.8, 4) is 5.75 Å². The van der Waals surface area contributed by atoms with Crippen molar-refractivity contribution in [2.24, 2.45) is 0 Å². The lowest BCUT2D eigenvalue weighted by atomic mass is 10.1. The fraction of sp³-hybridized carbons (Fsp3) is 0.533. The van der Waals surface area contributed by atoms with Crippen LogP contribution in [0.1, 0.15) is 62.2 Å². The summed E-state index contributed by atoms with van der Waals surface area (Å²) < 4.78 is 10.6. The van der Waals surface area contributed by atoms with E-state index in [0.29, 0.717) is 30.8 Å². The Labute approximate surface area is 227 Å². The molecule has 1 heterocycles. The monoisotopic (exact) mass is 524 g/mol. The minimum absolute atomic E-state index is 0.00981. The molecule has 2 amide bonds. The van der Waals surface area contributed by atoms with Crippen LogP contribution in [-0.2, 0) is 9.53 Å². The summed E-state index contributed by atoms with van der Waals surface area (Å²) >= 11 is 0. The van der Waals surface area contributed by atoms with E-state index < -0.39 is 0 Å². The predicted octanol–water partition coefficient (Wildman–Crippen LogP) is 5.09. The number of hydrogen-bond acceptors (Lipinski definition) is 6. The van der Waals surface area contributed by atoms with Crippen molar-refractivity contribution >= 4 is 28.9 Å². The number of ether oxygens (including phenoxy) is 2. The predicted molar refractivity (Wildman–Crippen MR) is 155 cm³/mol. The average Bonchev–Trinajstić information content (AvgIpc) is 2.95. The second-order valence-electron chi connectivity index (χ2n) is 9.69. The first kappa shape index (κ1) is 29.3. The number of methoxy groups -OCH3 is 2. The molecule has 1 aliphatic rings. The van der Waals surface area contributed by atoms with Gasteiger partial charge in [0.1, 0.15) is 5.75 Å². The van der Waals surface area contributed by atoms with Crippen molar-refractivity contribution < 1.29 is 19.1 Å². The van der Waals surface area contributed by atoms with Gasteiger partial charge >= 0.3 is 0 Å². The molecule has 0 aliphatic carbocycles. The molecule has 8 heteroatoms. The van der Waals surface area contributed by atoms with Crippen molar-refractivity contribution in [3.05, 3.63) is 48.0 Å². The summed E-state index contributed by atoms with van der Waals surface area (Å²) in [5, 5.41) is 5.93. The van der Waals surface area contributed by atoms with Crippen molar-refractivity contribution in [1.29, 1.82) is 0 Å². The summed E-state index contributed by atoms with van der Waals surface area (Å²) in [5.41, 5.74) is 3.16. The van der Waals surface area contributed by atoms with Gasteiger partial charge in [0.05, 0.1) is 25.0 Å². The number of amides is 2. The van der Waals surface area contributed by atoms with E-state index >= 15 is 0 Å². The van der Waals surface area contributed by atoms with Gasteiger partial charge in [-0.05, 0) is 36.8 Å². The van der Waals surface area contributed by atoms with Gasteiger partial charge in [-0.2, -0.15) is 0 Å². The van der Waals surface area contributed by atoms with Crippen molar-refractivity contribution in [3.63, 3.8) is 0 Å². The number of piperazine rings is 1. The van der Waals surface area contributed by atoms with Crippen molar-refractivity contribution in [2.75, 3.05) is 68.7 Å². The molecule has 0 radical (unpaired) electrons. The topological polar surface area (TPSA) is 83.1 Å². The molecule has 0 bridgehead atoms. The van der Waals surface area contributed by atoms with Crippen LogP contribution in [0.2, 0.25) is 0 Å². The largest absolute Gasteiger partial charge is 0.495 e. The summed E-state index contributed by atoms with van der Waals surface area (Å²) in [5.74, 6) is 0.681. The van der Waals surface area contributed by atoms with Gasteiger partial charge in [0.2, 0.25) is 5.91 Å². The number of carbonyl (C=O) groups excluding carboxylic acids is 2. The van der Waals surface area contributed by atoms with Crippen LogP contribution in [0.15, 0.2) is 42.5 Å². The molecule has 2 aromatic carbocycles. The Morgan fingerprint density at radius 3 is 2.26 bits per heavy atom. The molecule has 0 saturated carbocycles. The Morgan fingerprint density at radius 1 is 0.868 bits per heavy atom. The van der Waals surface area contributed by atoms with Gasteiger partial charge in [0.15, 0.2) is 0 Å². The molecule has 0 spiro atoms. The Balaban J connectivity index is 1.66. The smallest absolute Gasteiger partial charge is 0.253 e. The Bertz CT molecular complexity index is 1020. The Kier molecular flexibility index (Phi) is 12.2. The van der Waals surface area contributed by atoms with Crippen LogP contribution in [0.4, 0.5) is 17.1 Å². The molecule has 0 atom stereocenters. The van der Waals surface area contributed by atoms with E-state index in [9.17, 15) is 9.59 Å². The van der Waals surface area contributed by atoms with E-state index in [1.54, 1.807) is 20.3 Å². The molecular formula is C30H44N4O4. The quantitative estimate of drug-likeness (QED) is 0.316. The number of para-hydroxylation sites is 2. The maximum absolute atomic E-state index is 13.2. The molecule has 0 unspecified atom stereocenters. The minimum atomic E-state index is -0.170. The minimum Gasteiger partial charge on any atom is -0.495 e. The maximum atomic E-state index is 13.2. The second kappa shape index (κ2) is 15.9. The molecule has 208 valence electrons. The fourth-order valence-corrected chi connectivity index (χ4v) is 4.80. The highest BCUT2D eigenvalue weighted by Gasteiger charge is 2.23. The summed E-state index contributed by atoms with van der Waals surface area (Å²) in [7, 11) is 3.30. The van der Waals surface area contributed by atoms with Crippen LogP contribution < -0.4 is 25.2 Å². The second-order valence-corrected chi connectivity index (χ2v) is 9.69. The summed E-state index contributed by atoms with van der Waals surface area (Å²) in [6, 6.07) is 13.7. The van der Waals surface area contributed by atoms with E-state index in [0.717, 1.165) is 56.1 Å². The molecule has 3 rings (SSSR count). The molecular weight excluding hydrogens is 480 g/mol. The van der Waals surface area contributed by atoms with Gasteiger partial charge in [-0.3, -0.25) is 9.59 Å². The van der Waals surface area contributed by atoms with Gasteiger partial charge in [0.25, 0.3) is 5.91 Å². The highest BCUT2D eigenvalue weighted by Crippen LogP contribution is 2.31. The highest BCUT2D eigenvalue weighted by molar-refractivity contribution is 6.02. The first-order chi connectivity index (χ1) is 18.6. The normalized spacial score (nSPS) is 13.3. The summed E-state index contributed by atoms with van der Waals surface area (Å²) in [4.78, 5) is 30.2. The zero-order valence-electron chi connectivity index (χ0n) is 23.3. The zero-order chi connectivity index (χ0) is 27.2. The Hall–Kier alpha value is -3.26. The van der Waals surface area contributed by atoms with E-state index in [4.69, 9.17) is 9.47 Å². The summed E-state index contributed by atoms with van der Waals surface area (Å²) in [6.07, 6.45) is 7.32. The summed E-state index contributed by atoms with van der Waals surface area (Å²) in [6.45, 7) is 6.20. The third-order valence-corrected chi connectivity index (χ3v) is 6.92. The Morgan fingerprint density at radius 2 is 1.55 bits per heavy atom. The molecule has 0 aromatic heterocycles. The van der Waals surface area contributed by atoms with E-state index in [1.165, 1.54) is 25.7 Å². The van der Waals surface area contributed by atoms with Crippen LogP contribution in [0.25, 0.3) is 0 Å². The molecule has 38 heavy (non-hydrogen) atoms. The third kappa shape index (κ3) is 8.65. The SMILES string of the molecule is CCCCCCCCC(=O)Nc1ccc(N2CCN(c3ccccc3OC)CC2)c(C(=O)NCCOC)c1. The first-order valence-electron chi connectivity index (χ1n) is 13.9. The lowest BCUT2D eigenvalue weighted by Gasteiger charge is -2.38. The number of unbranched alkanes of at least 4 members (excludes halogenated alkanes) is 5. The van der Waals surface area contributed by atoms with Gasteiger partial charge in [-0.1, -0.05) is 51.2 Å². The zero-order valence-corrected chi connectivity index (χ0v) is 23.3. The third-order valence-electron chi connectivity index (χ3n) is 6.92.